The molecule has 0 radical (unpaired) electrons. The molecule has 0 atom stereocenters. The minimum atomic E-state index is -0.0274. The van der Waals surface area contributed by atoms with E-state index in [2.05, 4.69) is 22.1 Å². The number of aliphatic hydroxyl groups is 1. The summed E-state index contributed by atoms with van der Waals surface area (Å²) in [6, 6.07) is 0.733. The highest BCUT2D eigenvalue weighted by Crippen LogP contribution is 2.33. The highest BCUT2D eigenvalue weighted by Gasteiger charge is 2.33. The Bertz CT molecular complexity index is 534. The van der Waals surface area contributed by atoms with Crippen molar-refractivity contribution >= 4 is 22.5 Å². The van der Waals surface area contributed by atoms with Crippen LogP contribution < -0.4 is 5.32 Å². The highest BCUT2D eigenvalue weighted by atomic mass is 32.1. The van der Waals surface area contributed by atoms with Crippen LogP contribution in [0.3, 0.4) is 0 Å². The second-order valence-corrected chi connectivity index (χ2v) is 8.45. The minimum absolute atomic E-state index is 0.000271. The Labute approximate surface area is 148 Å². The molecule has 134 valence electrons. The second-order valence-electron chi connectivity index (χ2n) is 7.33. The van der Waals surface area contributed by atoms with Crippen LogP contribution in [-0.2, 0) is 6.61 Å². The number of nitrogens with one attached hydrogen (secondary N) is 1. The third kappa shape index (κ3) is 4.28. The van der Waals surface area contributed by atoms with E-state index in [0.717, 1.165) is 36.5 Å². The smallest absolute Gasteiger partial charge is 0.324 e. The van der Waals surface area contributed by atoms with Gasteiger partial charge in [0.1, 0.15) is 0 Å². The van der Waals surface area contributed by atoms with Gasteiger partial charge in [0, 0.05) is 18.3 Å². The van der Waals surface area contributed by atoms with Crippen molar-refractivity contribution in [3.8, 4) is 0 Å². The molecular formula is C18H29N3O2S. The Morgan fingerprint density at radius 1 is 1.21 bits per heavy atom. The number of aliphatic hydroxyl groups excluding tert-OH is 1. The number of aromatic nitrogens is 1. The van der Waals surface area contributed by atoms with Gasteiger partial charge in [0.25, 0.3) is 0 Å². The third-order valence-corrected chi connectivity index (χ3v) is 6.40. The van der Waals surface area contributed by atoms with Gasteiger partial charge in [-0.3, -0.25) is 5.32 Å². The van der Waals surface area contributed by atoms with Crippen LogP contribution in [0.5, 0.6) is 0 Å². The largest absolute Gasteiger partial charge is 0.391 e. The van der Waals surface area contributed by atoms with Crippen LogP contribution in [0.2, 0.25) is 0 Å². The van der Waals surface area contributed by atoms with Gasteiger partial charge < -0.3 is 10.0 Å². The number of amides is 2. The summed E-state index contributed by atoms with van der Waals surface area (Å²) in [5.74, 6) is 0.781. The Hall–Kier alpha value is -1.14. The summed E-state index contributed by atoms with van der Waals surface area (Å²) in [5.41, 5.74) is 0. The first kappa shape index (κ1) is 17.7. The molecule has 1 heterocycles. The lowest BCUT2D eigenvalue weighted by molar-refractivity contribution is 0.105. The molecule has 0 unspecified atom stereocenters. The van der Waals surface area contributed by atoms with Crippen molar-refractivity contribution in [2.24, 2.45) is 5.92 Å². The number of hydrogen-bond acceptors (Lipinski definition) is 4. The van der Waals surface area contributed by atoms with E-state index in [1.165, 1.54) is 43.4 Å². The minimum Gasteiger partial charge on any atom is -0.391 e. The Balaban J connectivity index is 1.71. The van der Waals surface area contributed by atoms with Crippen molar-refractivity contribution in [3.63, 3.8) is 0 Å². The van der Waals surface area contributed by atoms with Gasteiger partial charge in [-0.1, -0.05) is 37.5 Å². The number of anilines is 1. The molecule has 1 aromatic rings. The van der Waals surface area contributed by atoms with Crippen LogP contribution in [0, 0.1) is 5.92 Å². The van der Waals surface area contributed by atoms with E-state index in [-0.39, 0.29) is 12.6 Å². The first-order chi connectivity index (χ1) is 11.7. The molecule has 0 spiro atoms. The van der Waals surface area contributed by atoms with Crippen LogP contribution in [0.25, 0.3) is 0 Å². The summed E-state index contributed by atoms with van der Waals surface area (Å²) in [7, 11) is 0. The number of hydrogen-bond donors (Lipinski definition) is 2. The highest BCUT2D eigenvalue weighted by molar-refractivity contribution is 7.15. The molecule has 2 aliphatic rings. The lowest BCUT2D eigenvalue weighted by Gasteiger charge is -2.42. The summed E-state index contributed by atoms with van der Waals surface area (Å²) in [6.45, 7) is 2.29. The van der Waals surface area contributed by atoms with E-state index in [9.17, 15) is 9.90 Å². The standard InChI is InChI=1S/C18H29N3O2S/c1-13-7-9-15(10-8-13)21(14-5-3-2-4-6-14)18(23)20-17-19-11-16(12-22)24-17/h11,13-15,22H,2-10,12H2,1H3,(H,19,20,23)/t13-,15-. The zero-order chi connectivity index (χ0) is 16.9. The lowest BCUT2D eigenvalue weighted by atomic mass is 9.84. The fourth-order valence-electron chi connectivity index (χ4n) is 4.10. The van der Waals surface area contributed by atoms with Crippen molar-refractivity contribution < 1.29 is 9.90 Å². The zero-order valence-electron chi connectivity index (χ0n) is 14.5. The summed E-state index contributed by atoms with van der Waals surface area (Å²) in [4.78, 5) is 20.1. The average Bonchev–Trinajstić information content (AvgIpc) is 3.05. The number of carbonyl (C=O) groups excluding carboxylic acids is 1. The van der Waals surface area contributed by atoms with Gasteiger partial charge in [0.05, 0.1) is 11.5 Å². The molecule has 0 saturated heterocycles. The number of carbonyl (C=O) groups is 1. The van der Waals surface area contributed by atoms with Gasteiger partial charge >= 0.3 is 6.03 Å². The molecule has 2 fully saturated rings. The zero-order valence-corrected chi connectivity index (χ0v) is 15.4. The van der Waals surface area contributed by atoms with E-state index < -0.39 is 0 Å². The van der Waals surface area contributed by atoms with Crippen molar-refractivity contribution in [3.05, 3.63) is 11.1 Å². The predicted octanol–water partition coefficient (Wildman–Crippen LogP) is 4.38. The number of thiazole rings is 1. The molecule has 2 aliphatic carbocycles. The Morgan fingerprint density at radius 3 is 2.50 bits per heavy atom. The van der Waals surface area contributed by atoms with E-state index in [1.54, 1.807) is 6.20 Å². The quantitative estimate of drug-likeness (QED) is 0.846. The maximum Gasteiger partial charge on any atom is 0.324 e. The second kappa shape index (κ2) is 8.30. The van der Waals surface area contributed by atoms with Gasteiger partial charge in [-0.2, -0.15) is 0 Å². The van der Waals surface area contributed by atoms with Gasteiger partial charge in [-0.25, -0.2) is 9.78 Å². The van der Waals surface area contributed by atoms with E-state index in [0.29, 0.717) is 17.2 Å². The first-order valence-corrected chi connectivity index (χ1v) is 10.1. The van der Waals surface area contributed by atoms with Crippen LogP contribution in [0.1, 0.15) is 69.6 Å². The molecule has 6 heteroatoms. The molecule has 24 heavy (non-hydrogen) atoms. The van der Waals surface area contributed by atoms with Crippen molar-refractivity contribution in [1.29, 1.82) is 0 Å². The molecule has 5 nitrogen and oxygen atoms in total. The molecule has 1 aromatic heterocycles. The van der Waals surface area contributed by atoms with Gasteiger partial charge in [0.2, 0.25) is 0 Å². The van der Waals surface area contributed by atoms with Crippen LogP contribution in [0.4, 0.5) is 9.93 Å². The number of nitrogens with zero attached hydrogens (tertiary/aromatic N) is 2. The average molecular weight is 352 g/mol. The maximum atomic E-state index is 13.0. The van der Waals surface area contributed by atoms with E-state index >= 15 is 0 Å². The molecule has 0 bridgehead atoms. The molecule has 0 aromatic carbocycles. The van der Waals surface area contributed by atoms with Crippen molar-refractivity contribution in [1.82, 2.24) is 9.88 Å². The van der Waals surface area contributed by atoms with Gasteiger partial charge in [-0.15, -0.1) is 0 Å². The van der Waals surface area contributed by atoms with Crippen LogP contribution >= 0.6 is 11.3 Å². The van der Waals surface area contributed by atoms with Crippen molar-refractivity contribution in [2.75, 3.05) is 5.32 Å². The molecular weight excluding hydrogens is 322 g/mol. The number of rotatable bonds is 4. The van der Waals surface area contributed by atoms with Crippen molar-refractivity contribution in [2.45, 2.75) is 83.4 Å². The Morgan fingerprint density at radius 2 is 1.88 bits per heavy atom. The maximum absolute atomic E-state index is 13.0. The fourth-order valence-corrected chi connectivity index (χ4v) is 4.77. The monoisotopic (exact) mass is 351 g/mol. The van der Waals surface area contributed by atoms with E-state index in [4.69, 9.17) is 0 Å². The predicted molar refractivity (Wildman–Crippen MR) is 97.2 cm³/mol. The SMILES string of the molecule is C[C@H]1CC[C@H](N(C(=O)Nc2ncc(CO)s2)C2CCCCC2)CC1. The molecule has 2 N–H and O–H groups in total. The first-order valence-electron chi connectivity index (χ1n) is 9.32. The normalized spacial score (nSPS) is 25.4. The third-order valence-electron chi connectivity index (χ3n) is 5.50. The fraction of sp³-hybridized carbons (Fsp3) is 0.778. The topological polar surface area (TPSA) is 65.5 Å². The summed E-state index contributed by atoms with van der Waals surface area (Å²) >= 11 is 1.35. The van der Waals surface area contributed by atoms with Crippen LogP contribution in [0.15, 0.2) is 6.20 Å². The molecule has 2 amide bonds. The van der Waals surface area contributed by atoms with Gasteiger partial charge in [-0.05, 0) is 44.4 Å². The lowest BCUT2D eigenvalue weighted by Crippen LogP contribution is -2.51. The van der Waals surface area contributed by atoms with Crippen LogP contribution in [-0.4, -0.2) is 33.1 Å². The summed E-state index contributed by atoms with van der Waals surface area (Å²) in [6.07, 6.45) is 12.3. The Kier molecular flexibility index (Phi) is 6.11. The number of urea groups is 1. The van der Waals surface area contributed by atoms with Gasteiger partial charge in [0.15, 0.2) is 5.13 Å². The molecule has 3 rings (SSSR count). The molecule has 0 aliphatic heterocycles. The molecule has 2 saturated carbocycles. The summed E-state index contributed by atoms with van der Waals surface area (Å²) < 4.78 is 0. The summed E-state index contributed by atoms with van der Waals surface area (Å²) in [5, 5.41) is 12.8. The van der Waals surface area contributed by atoms with E-state index in [1.807, 2.05) is 0 Å².